The summed E-state index contributed by atoms with van der Waals surface area (Å²) in [6.45, 7) is -0.666. The van der Waals surface area contributed by atoms with Crippen LogP contribution in [-0.4, -0.2) is 85.7 Å². The van der Waals surface area contributed by atoms with E-state index in [0.29, 0.717) is 22.1 Å². The molecule has 0 saturated carbocycles. The zero-order chi connectivity index (χ0) is 28.7. The van der Waals surface area contributed by atoms with Gasteiger partial charge in [-0.3, -0.25) is 14.4 Å². The van der Waals surface area contributed by atoms with Crippen molar-refractivity contribution in [1.29, 1.82) is 0 Å². The minimum atomic E-state index is -1.84. The van der Waals surface area contributed by atoms with Gasteiger partial charge in [-0.15, -0.1) is 0 Å². The zero-order valence-corrected chi connectivity index (χ0v) is 20.6. The van der Waals surface area contributed by atoms with E-state index in [9.17, 15) is 39.9 Å². The van der Waals surface area contributed by atoms with Crippen LogP contribution in [0.25, 0.3) is 28.0 Å². The Bertz CT molecular complexity index is 1530. The van der Waals surface area contributed by atoms with E-state index in [1.807, 2.05) is 0 Å². The average molecular weight is 552 g/mol. The van der Waals surface area contributed by atoms with E-state index in [1.165, 1.54) is 18.2 Å². The third-order valence-electron chi connectivity index (χ3n) is 6.71. The second-order valence-electron chi connectivity index (χ2n) is 9.34. The number of hydrogen-bond acceptors (Lipinski definition) is 11. The summed E-state index contributed by atoms with van der Waals surface area (Å²) in [4.78, 5) is 35.2. The van der Waals surface area contributed by atoms with E-state index >= 15 is 0 Å². The van der Waals surface area contributed by atoms with Crippen LogP contribution in [0.2, 0.25) is 0 Å². The summed E-state index contributed by atoms with van der Waals surface area (Å²) in [5.41, 5.74) is 1.68. The van der Waals surface area contributed by atoms with Gasteiger partial charge >= 0.3 is 11.9 Å². The summed E-state index contributed by atoms with van der Waals surface area (Å²) in [6, 6.07) is 13.3. The van der Waals surface area contributed by atoms with Gasteiger partial charge in [0.05, 0.1) is 0 Å². The Balaban J connectivity index is 1.58. The maximum Gasteiger partial charge on any atom is 0.317 e. The molecule has 0 amide bonds. The molecule has 0 radical (unpaired) electrons. The number of allylic oxidation sites excluding steroid dienone is 1. The lowest BCUT2D eigenvalue weighted by atomic mass is 9.86. The number of aliphatic carboxylic acids is 1. The Morgan fingerprint density at radius 3 is 2.30 bits per heavy atom. The highest BCUT2D eigenvalue weighted by Gasteiger charge is 2.46. The molecule has 6 N–H and O–H groups in total. The normalized spacial score (nSPS) is 23.9. The number of benzene rings is 3. The first kappa shape index (κ1) is 27.1. The molecule has 0 aromatic heterocycles. The van der Waals surface area contributed by atoms with Gasteiger partial charge < -0.3 is 44.8 Å². The standard InChI is InChI=1S/C28H24O12/c29-16-8-13-9-17(30)27(22-14(12-4-2-1-3-5-12)6-7-15(21(13)22)23(16)34)40-28-26(37)25(36)24(35)18(39-28)11-38-20(33)10-19(31)32/h1-9,18,24-26,28-30,35-37H,10-11H2,(H,31,32)/t18-,24-,25+,26-,28+/m1/s1. The highest BCUT2D eigenvalue weighted by Crippen LogP contribution is 2.47. The second kappa shape index (κ2) is 10.6. The van der Waals surface area contributed by atoms with E-state index in [0.717, 1.165) is 0 Å². The number of aliphatic hydroxyl groups excluding tert-OH is 4. The summed E-state index contributed by atoms with van der Waals surface area (Å²) in [5.74, 6) is -4.38. The van der Waals surface area contributed by atoms with E-state index in [4.69, 9.17) is 19.3 Å². The summed E-state index contributed by atoms with van der Waals surface area (Å²) in [5, 5.41) is 62.0. The largest absolute Gasteiger partial charge is 0.504 e. The molecule has 0 unspecified atom stereocenters. The number of carboxylic acids is 1. The van der Waals surface area contributed by atoms with Crippen LogP contribution < -0.4 is 4.74 Å². The van der Waals surface area contributed by atoms with Crippen molar-refractivity contribution in [2.45, 2.75) is 37.1 Å². The van der Waals surface area contributed by atoms with Crippen molar-refractivity contribution in [2.24, 2.45) is 0 Å². The first-order valence-corrected chi connectivity index (χ1v) is 12.1. The molecule has 0 bridgehead atoms. The molecular weight excluding hydrogens is 528 g/mol. The maximum absolute atomic E-state index is 12.8. The quantitative estimate of drug-likeness (QED) is 0.183. The number of ether oxygens (including phenoxy) is 3. The highest BCUT2D eigenvalue weighted by molar-refractivity contribution is 6.24. The van der Waals surface area contributed by atoms with Crippen molar-refractivity contribution in [3.8, 4) is 22.6 Å². The number of ketones is 1. The van der Waals surface area contributed by atoms with Gasteiger partial charge in [0.25, 0.3) is 0 Å². The van der Waals surface area contributed by atoms with Crippen molar-refractivity contribution in [3.05, 3.63) is 65.4 Å². The van der Waals surface area contributed by atoms with Gasteiger partial charge in [-0.2, -0.15) is 0 Å². The molecule has 40 heavy (non-hydrogen) atoms. The molecule has 3 aromatic rings. The molecule has 1 heterocycles. The van der Waals surface area contributed by atoms with E-state index in [1.54, 1.807) is 36.4 Å². The number of aliphatic hydroxyl groups is 4. The SMILES string of the molecule is O=C(O)CC(=O)OC[C@H]1O[C@@H](Oc2c(O)cc3c4c(ccc(-c5ccccc5)c24)C(=O)C(O)=C3)[C@H](O)[C@@H](O)[C@@H]1O. The molecule has 5 rings (SSSR count). The zero-order valence-electron chi connectivity index (χ0n) is 20.6. The van der Waals surface area contributed by atoms with Crippen molar-refractivity contribution in [3.63, 3.8) is 0 Å². The van der Waals surface area contributed by atoms with Gasteiger partial charge in [0.15, 0.2) is 17.3 Å². The lowest BCUT2D eigenvalue weighted by molar-refractivity contribution is -0.278. The second-order valence-corrected chi connectivity index (χ2v) is 9.34. The fraction of sp³-hybridized carbons (Fsp3) is 0.250. The maximum atomic E-state index is 12.8. The summed E-state index contributed by atoms with van der Waals surface area (Å²) >= 11 is 0. The number of rotatable bonds is 7. The topological polar surface area (TPSA) is 200 Å². The number of Topliss-reactive ketones (excluding diaryl/α,β-unsaturated/α-hetero) is 1. The Hall–Kier alpha value is -4.49. The lowest BCUT2D eigenvalue weighted by Gasteiger charge is -2.40. The van der Waals surface area contributed by atoms with Crippen LogP contribution in [0.5, 0.6) is 11.5 Å². The van der Waals surface area contributed by atoms with Crippen molar-refractivity contribution in [1.82, 2.24) is 0 Å². The Morgan fingerprint density at radius 1 is 0.900 bits per heavy atom. The van der Waals surface area contributed by atoms with E-state index in [-0.39, 0.29) is 16.7 Å². The number of esters is 1. The molecule has 2 aliphatic rings. The predicted octanol–water partition coefficient (Wildman–Crippen LogP) is 1.51. The van der Waals surface area contributed by atoms with Crippen LogP contribution >= 0.6 is 0 Å². The average Bonchev–Trinajstić information content (AvgIpc) is 2.92. The number of carbonyl (C=O) groups excluding carboxylic acids is 2. The molecule has 12 heteroatoms. The fourth-order valence-corrected chi connectivity index (χ4v) is 4.80. The molecule has 1 saturated heterocycles. The Morgan fingerprint density at radius 2 is 1.60 bits per heavy atom. The predicted molar refractivity (Wildman–Crippen MR) is 137 cm³/mol. The lowest BCUT2D eigenvalue weighted by Crippen LogP contribution is -2.60. The van der Waals surface area contributed by atoms with Crippen LogP contribution in [0.3, 0.4) is 0 Å². The van der Waals surface area contributed by atoms with Crippen LogP contribution in [-0.2, 0) is 19.1 Å². The van der Waals surface area contributed by atoms with Gasteiger partial charge in [0, 0.05) is 16.3 Å². The van der Waals surface area contributed by atoms with Gasteiger partial charge in [0.2, 0.25) is 12.1 Å². The summed E-state index contributed by atoms with van der Waals surface area (Å²) in [6.07, 6.45) is -8.27. The van der Waals surface area contributed by atoms with E-state index in [2.05, 4.69) is 0 Å². The molecule has 0 spiro atoms. The summed E-state index contributed by atoms with van der Waals surface area (Å²) < 4.78 is 16.3. The Labute approximate surface area is 225 Å². The molecule has 5 atom stereocenters. The van der Waals surface area contributed by atoms with Crippen molar-refractivity contribution < 1.29 is 59.2 Å². The minimum absolute atomic E-state index is 0.137. The monoisotopic (exact) mass is 552 g/mol. The molecule has 3 aromatic carbocycles. The number of carbonyl (C=O) groups is 3. The summed E-state index contributed by atoms with van der Waals surface area (Å²) in [7, 11) is 0. The number of phenols is 1. The first-order chi connectivity index (χ1) is 19.1. The third kappa shape index (κ3) is 4.84. The smallest absolute Gasteiger partial charge is 0.317 e. The van der Waals surface area contributed by atoms with Gasteiger partial charge in [-0.25, -0.2) is 0 Å². The van der Waals surface area contributed by atoms with Gasteiger partial charge in [-0.1, -0.05) is 36.4 Å². The highest BCUT2D eigenvalue weighted by atomic mass is 16.7. The molecule has 1 fully saturated rings. The van der Waals surface area contributed by atoms with Crippen molar-refractivity contribution in [2.75, 3.05) is 6.61 Å². The minimum Gasteiger partial charge on any atom is -0.504 e. The molecular formula is C28H24O12. The molecule has 12 nitrogen and oxygen atoms in total. The van der Waals surface area contributed by atoms with Gasteiger partial charge in [0.1, 0.15) is 37.4 Å². The fourth-order valence-electron chi connectivity index (χ4n) is 4.80. The number of phenolic OH excluding ortho intramolecular Hbond substituents is 1. The van der Waals surface area contributed by atoms with Crippen LogP contribution in [0.1, 0.15) is 22.3 Å². The van der Waals surface area contributed by atoms with Crippen LogP contribution in [0.4, 0.5) is 0 Å². The number of carboxylic acid groups (broad SMARTS) is 1. The Kier molecular flexibility index (Phi) is 7.17. The first-order valence-electron chi connectivity index (χ1n) is 12.1. The van der Waals surface area contributed by atoms with E-state index < -0.39 is 73.0 Å². The van der Waals surface area contributed by atoms with Crippen LogP contribution in [0, 0.1) is 0 Å². The third-order valence-corrected chi connectivity index (χ3v) is 6.71. The number of aromatic hydroxyl groups is 1. The molecule has 1 aliphatic heterocycles. The van der Waals surface area contributed by atoms with Crippen molar-refractivity contribution >= 4 is 34.6 Å². The number of hydrogen-bond donors (Lipinski definition) is 6. The molecule has 208 valence electrons. The van der Waals surface area contributed by atoms with Crippen LogP contribution in [0.15, 0.2) is 54.3 Å². The molecule has 1 aliphatic carbocycles. The van der Waals surface area contributed by atoms with Gasteiger partial charge in [-0.05, 0) is 34.9 Å².